The summed E-state index contributed by atoms with van der Waals surface area (Å²) in [7, 11) is 0. The van der Waals surface area contributed by atoms with Gasteiger partial charge in [0, 0.05) is 12.2 Å². The van der Waals surface area contributed by atoms with Gasteiger partial charge in [-0.05, 0) is 55.1 Å². The van der Waals surface area contributed by atoms with E-state index in [4.69, 9.17) is 0 Å². The van der Waals surface area contributed by atoms with E-state index in [0.717, 1.165) is 28.9 Å². The third-order valence-electron chi connectivity index (χ3n) is 4.39. The average Bonchev–Trinajstić information content (AvgIpc) is 2.57. The van der Waals surface area contributed by atoms with Crippen molar-refractivity contribution in [1.29, 1.82) is 0 Å². The van der Waals surface area contributed by atoms with Gasteiger partial charge in [0.15, 0.2) is 0 Å². The van der Waals surface area contributed by atoms with Crippen LogP contribution in [0, 0.1) is 19.7 Å². The number of amides is 1. The van der Waals surface area contributed by atoms with Crippen molar-refractivity contribution >= 4 is 17.3 Å². The molecule has 5 heteroatoms. The lowest BCUT2D eigenvalue weighted by molar-refractivity contribution is -0.114. The number of carbonyl (C=O) groups excluding carboxylic acids is 1. The molecule has 0 bridgehead atoms. The first kappa shape index (κ1) is 16.5. The van der Waals surface area contributed by atoms with Crippen LogP contribution in [0.3, 0.4) is 0 Å². The summed E-state index contributed by atoms with van der Waals surface area (Å²) in [5.41, 5.74) is 5.03. The summed E-state index contributed by atoms with van der Waals surface area (Å²) >= 11 is 0. The fourth-order valence-electron chi connectivity index (χ4n) is 3.09. The van der Waals surface area contributed by atoms with E-state index in [1.807, 2.05) is 38.1 Å². The van der Waals surface area contributed by atoms with Crippen molar-refractivity contribution in [2.45, 2.75) is 26.8 Å². The lowest BCUT2D eigenvalue weighted by Gasteiger charge is -2.19. The molecule has 1 aliphatic heterocycles. The van der Waals surface area contributed by atoms with Crippen molar-refractivity contribution in [3.63, 3.8) is 0 Å². The van der Waals surface area contributed by atoms with Gasteiger partial charge in [0.1, 0.15) is 5.82 Å². The molecule has 2 aromatic carbocycles. The fraction of sp³-hybridized carbons (Fsp3) is 0.316. The van der Waals surface area contributed by atoms with Gasteiger partial charge in [-0.2, -0.15) is 0 Å². The zero-order valence-electron chi connectivity index (χ0n) is 14.0. The van der Waals surface area contributed by atoms with Crippen LogP contribution in [-0.4, -0.2) is 19.0 Å². The van der Waals surface area contributed by atoms with Crippen LogP contribution >= 0.6 is 0 Å². The number of hydrogen-bond donors (Lipinski definition) is 3. The van der Waals surface area contributed by atoms with Crippen molar-refractivity contribution in [3.8, 4) is 0 Å². The summed E-state index contributed by atoms with van der Waals surface area (Å²) in [5, 5.41) is 9.02. The van der Waals surface area contributed by atoms with Crippen LogP contribution in [-0.2, 0) is 17.8 Å². The predicted molar refractivity (Wildman–Crippen MR) is 94.8 cm³/mol. The molecule has 126 valence electrons. The topological polar surface area (TPSA) is 53.2 Å². The molecule has 0 radical (unpaired) electrons. The summed E-state index contributed by atoms with van der Waals surface area (Å²) in [6.07, 6.45) is 0.644. The van der Waals surface area contributed by atoms with E-state index in [9.17, 15) is 9.18 Å². The highest BCUT2D eigenvalue weighted by molar-refractivity contribution is 5.94. The van der Waals surface area contributed by atoms with Gasteiger partial charge in [0.25, 0.3) is 0 Å². The van der Waals surface area contributed by atoms with E-state index < -0.39 is 0 Å². The van der Waals surface area contributed by atoms with Gasteiger partial charge >= 0.3 is 0 Å². The number of anilines is 2. The first-order valence-electron chi connectivity index (χ1n) is 8.17. The number of benzene rings is 2. The van der Waals surface area contributed by atoms with Crippen LogP contribution in [0.25, 0.3) is 0 Å². The third kappa shape index (κ3) is 3.41. The number of rotatable bonds is 4. The lowest BCUT2D eigenvalue weighted by Crippen LogP contribution is -2.26. The predicted octanol–water partition coefficient (Wildman–Crippen LogP) is 3.14. The number of fused-ring (bicyclic) bond motifs is 1. The molecular formula is C19H22FN3O. The highest BCUT2D eigenvalue weighted by Crippen LogP contribution is 2.24. The first-order chi connectivity index (χ1) is 11.6. The van der Waals surface area contributed by atoms with E-state index in [1.54, 1.807) is 6.07 Å². The Labute approximate surface area is 141 Å². The molecule has 1 aliphatic rings. The summed E-state index contributed by atoms with van der Waals surface area (Å²) in [4.78, 5) is 12.2. The summed E-state index contributed by atoms with van der Waals surface area (Å²) in [6, 6.07) is 9.47. The Morgan fingerprint density at radius 2 is 1.96 bits per heavy atom. The van der Waals surface area contributed by atoms with Gasteiger partial charge in [0.05, 0.1) is 12.2 Å². The number of halogens is 1. The Bertz CT molecular complexity index is 753. The molecule has 24 heavy (non-hydrogen) atoms. The van der Waals surface area contributed by atoms with Crippen molar-refractivity contribution in [2.24, 2.45) is 0 Å². The Morgan fingerprint density at radius 1 is 1.21 bits per heavy atom. The SMILES string of the molecule is Cc1cccc(C)c1NCC(=O)Nc1ccc2c(c1F)CCNC2. The summed E-state index contributed by atoms with van der Waals surface area (Å²) in [6.45, 7) is 5.52. The molecule has 0 aliphatic carbocycles. The molecular weight excluding hydrogens is 305 g/mol. The normalized spacial score (nSPS) is 13.3. The molecule has 0 atom stereocenters. The lowest BCUT2D eigenvalue weighted by atomic mass is 9.99. The number of nitrogens with one attached hydrogen (secondary N) is 3. The van der Waals surface area contributed by atoms with Gasteiger partial charge in [-0.25, -0.2) is 4.39 Å². The second-order valence-electron chi connectivity index (χ2n) is 6.16. The van der Waals surface area contributed by atoms with Crippen LogP contribution in [0.4, 0.5) is 15.8 Å². The van der Waals surface area contributed by atoms with Crippen LogP contribution < -0.4 is 16.0 Å². The van der Waals surface area contributed by atoms with Crippen molar-refractivity contribution in [3.05, 3.63) is 58.4 Å². The molecule has 0 spiro atoms. The van der Waals surface area contributed by atoms with Crippen LogP contribution in [0.2, 0.25) is 0 Å². The molecule has 0 aromatic heterocycles. The molecule has 0 unspecified atom stereocenters. The van der Waals surface area contributed by atoms with E-state index in [2.05, 4.69) is 16.0 Å². The molecule has 0 saturated heterocycles. The molecule has 0 saturated carbocycles. The van der Waals surface area contributed by atoms with Gasteiger partial charge in [0.2, 0.25) is 5.91 Å². The van der Waals surface area contributed by atoms with Crippen LogP contribution in [0.1, 0.15) is 22.3 Å². The van der Waals surface area contributed by atoms with Gasteiger partial charge in [-0.3, -0.25) is 4.79 Å². The molecule has 2 aromatic rings. The van der Waals surface area contributed by atoms with Crippen LogP contribution in [0.15, 0.2) is 30.3 Å². The number of hydrogen-bond acceptors (Lipinski definition) is 3. The zero-order valence-corrected chi connectivity index (χ0v) is 14.0. The molecule has 3 rings (SSSR count). The molecule has 4 nitrogen and oxygen atoms in total. The Hall–Kier alpha value is -2.40. The maximum atomic E-state index is 14.5. The second kappa shape index (κ2) is 7.01. The maximum absolute atomic E-state index is 14.5. The summed E-state index contributed by atoms with van der Waals surface area (Å²) in [5.74, 6) is -0.570. The molecule has 1 heterocycles. The quantitative estimate of drug-likeness (QED) is 0.809. The Morgan fingerprint density at radius 3 is 2.71 bits per heavy atom. The third-order valence-corrected chi connectivity index (χ3v) is 4.39. The molecule has 3 N–H and O–H groups in total. The minimum Gasteiger partial charge on any atom is -0.376 e. The van der Waals surface area contributed by atoms with Gasteiger partial charge in [-0.1, -0.05) is 24.3 Å². The first-order valence-corrected chi connectivity index (χ1v) is 8.17. The standard InChI is InChI=1S/C19H22FN3O/c1-12-4-3-5-13(2)19(12)22-11-17(24)23-16-7-6-14-10-21-9-8-15(14)18(16)20/h3-7,21-22H,8-11H2,1-2H3,(H,23,24). The van der Waals surface area contributed by atoms with Crippen LogP contribution in [0.5, 0.6) is 0 Å². The van der Waals surface area contributed by atoms with Crippen molar-refractivity contribution in [2.75, 3.05) is 23.7 Å². The second-order valence-corrected chi connectivity index (χ2v) is 6.16. The minimum atomic E-state index is -0.311. The Kier molecular flexibility index (Phi) is 4.81. The molecule has 1 amide bonds. The minimum absolute atomic E-state index is 0.101. The van der Waals surface area contributed by atoms with E-state index in [-0.39, 0.29) is 24.0 Å². The number of aryl methyl sites for hydroxylation is 2. The van der Waals surface area contributed by atoms with Crippen molar-refractivity contribution in [1.82, 2.24) is 5.32 Å². The average molecular weight is 327 g/mol. The van der Waals surface area contributed by atoms with Crippen molar-refractivity contribution < 1.29 is 9.18 Å². The fourth-order valence-corrected chi connectivity index (χ4v) is 3.09. The highest BCUT2D eigenvalue weighted by atomic mass is 19.1. The van der Waals surface area contributed by atoms with E-state index >= 15 is 0 Å². The smallest absolute Gasteiger partial charge is 0.243 e. The summed E-state index contributed by atoms with van der Waals surface area (Å²) < 4.78 is 14.5. The zero-order chi connectivity index (χ0) is 17.1. The largest absolute Gasteiger partial charge is 0.376 e. The van der Waals surface area contributed by atoms with Gasteiger partial charge < -0.3 is 16.0 Å². The number of carbonyl (C=O) groups is 1. The maximum Gasteiger partial charge on any atom is 0.243 e. The molecule has 0 fully saturated rings. The number of para-hydroxylation sites is 1. The van der Waals surface area contributed by atoms with E-state index in [1.165, 1.54) is 0 Å². The Balaban J connectivity index is 1.67. The van der Waals surface area contributed by atoms with E-state index in [0.29, 0.717) is 18.5 Å². The highest BCUT2D eigenvalue weighted by Gasteiger charge is 2.17. The van der Waals surface area contributed by atoms with Gasteiger partial charge in [-0.15, -0.1) is 0 Å². The monoisotopic (exact) mass is 327 g/mol.